The fraction of sp³-hybridized carbons (Fsp3) is 0.659. The van der Waals surface area contributed by atoms with Crippen LogP contribution in [0, 0.1) is 0 Å². The van der Waals surface area contributed by atoms with Crippen molar-refractivity contribution in [2.24, 2.45) is 5.73 Å². The van der Waals surface area contributed by atoms with Gasteiger partial charge in [-0.25, -0.2) is 4.57 Å². The van der Waals surface area contributed by atoms with Crippen molar-refractivity contribution in [1.82, 2.24) is 0 Å². The second kappa shape index (κ2) is 34.9. The highest BCUT2D eigenvalue weighted by atomic mass is 31.2. The Morgan fingerprint density at radius 2 is 1.30 bits per heavy atom. The summed E-state index contributed by atoms with van der Waals surface area (Å²) in [4.78, 5) is 46.0. The summed E-state index contributed by atoms with van der Waals surface area (Å²) < 4.78 is 38.3. The Morgan fingerprint density at radius 1 is 0.702 bits per heavy atom. The maximum Gasteiger partial charge on any atom is 0.472 e. The first-order valence-electron chi connectivity index (χ1n) is 21.1. The molecule has 0 aliphatic carbocycles. The van der Waals surface area contributed by atoms with E-state index in [4.69, 9.17) is 29.6 Å². The molecule has 324 valence electrons. The number of rotatable bonds is 37. The molecule has 0 bridgehead atoms. The Morgan fingerprint density at radius 3 is 1.98 bits per heavy atom. The third-order valence-corrected chi connectivity index (χ3v) is 9.85. The van der Waals surface area contributed by atoms with Gasteiger partial charge in [0, 0.05) is 12.8 Å². The number of phosphoric ester groups is 1. The SMILES string of the molecule is CC/C=C\C/C=C\C\C=C/C=C/C=C/C1OC1CCCC(=O)OC(COC(=O)CCCCCCC/C=C\CCCCCCCC)COP(=O)(O)OCC(N)C(=O)O. The number of aliphatic carboxylic acids is 1. The van der Waals surface area contributed by atoms with Gasteiger partial charge in [-0.3, -0.25) is 23.4 Å². The molecule has 1 aliphatic heterocycles. The van der Waals surface area contributed by atoms with Crippen molar-refractivity contribution in [1.29, 1.82) is 0 Å². The van der Waals surface area contributed by atoms with E-state index in [1.165, 1.54) is 38.5 Å². The monoisotopic (exact) mass is 821 g/mol. The van der Waals surface area contributed by atoms with E-state index >= 15 is 0 Å². The van der Waals surface area contributed by atoms with Crippen LogP contribution in [0.2, 0.25) is 0 Å². The molecule has 1 fully saturated rings. The molecule has 57 heavy (non-hydrogen) atoms. The molecule has 1 aliphatic rings. The number of ether oxygens (including phenoxy) is 3. The van der Waals surface area contributed by atoms with E-state index in [1.807, 2.05) is 30.4 Å². The number of epoxide rings is 1. The molecule has 13 heteroatoms. The van der Waals surface area contributed by atoms with E-state index in [-0.39, 0.29) is 31.7 Å². The molecular weight excluding hydrogens is 749 g/mol. The first-order valence-corrected chi connectivity index (χ1v) is 22.6. The van der Waals surface area contributed by atoms with Gasteiger partial charge in [-0.2, -0.15) is 0 Å². The minimum Gasteiger partial charge on any atom is -0.480 e. The molecule has 0 radical (unpaired) electrons. The number of phosphoric acid groups is 1. The van der Waals surface area contributed by atoms with Crippen LogP contribution in [-0.2, 0) is 42.2 Å². The number of carbonyl (C=O) groups is 3. The van der Waals surface area contributed by atoms with Gasteiger partial charge in [0.1, 0.15) is 18.8 Å². The Kier molecular flexibility index (Phi) is 31.8. The van der Waals surface area contributed by atoms with Gasteiger partial charge in [-0.15, -0.1) is 0 Å². The van der Waals surface area contributed by atoms with E-state index in [2.05, 4.69) is 60.9 Å². The Bertz CT molecular complexity index is 1310. The van der Waals surface area contributed by atoms with E-state index < -0.39 is 51.1 Å². The largest absolute Gasteiger partial charge is 0.480 e. The number of esters is 2. The molecule has 5 unspecified atom stereocenters. The number of carbonyl (C=O) groups excluding carboxylic acids is 2. The lowest BCUT2D eigenvalue weighted by Gasteiger charge is -2.20. The van der Waals surface area contributed by atoms with Gasteiger partial charge in [0.2, 0.25) is 0 Å². The Hall–Kier alpha value is -3.12. The number of unbranched alkanes of at least 4 members (excludes halogenated alkanes) is 11. The average molecular weight is 822 g/mol. The van der Waals surface area contributed by atoms with Crippen LogP contribution in [0.15, 0.2) is 72.9 Å². The number of allylic oxidation sites excluding steroid dienone is 11. The van der Waals surface area contributed by atoms with E-state index in [9.17, 15) is 23.8 Å². The molecule has 0 amide bonds. The summed E-state index contributed by atoms with van der Waals surface area (Å²) in [6.07, 6.45) is 42.8. The van der Waals surface area contributed by atoms with Crippen molar-refractivity contribution in [3.05, 3.63) is 72.9 Å². The summed E-state index contributed by atoms with van der Waals surface area (Å²) in [6, 6.07) is -1.54. The van der Waals surface area contributed by atoms with Crippen LogP contribution in [0.4, 0.5) is 0 Å². The zero-order chi connectivity index (χ0) is 41.8. The van der Waals surface area contributed by atoms with Crippen LogP contribution in [-0.4, -0.2) is 72.1 Å². The maximum absolute atomic E-state index is 12.7. The number of hydrogen-bond acceptors (Lipinski definition) is 10. The van der Waals surface area contributed by atoms with Gasteiger partial charge >= 0.3 is 25.7 Å². The normalized spacial score (nSPS) is 18.0. The van der Waals surface area contributed by atoms with Gasteiger partial charge in [0.15, 0.2) is 6.10 Å². The third-order valence-electron chi connectivity index (χ3n) is 8.90. The van der Waals surface area contributed by atoms with Gasteiger partial charge in [0.05, 0.1) is 19.3 Å². The van der Waals surface area contributed by atoms with E-state index in [0.717, 1.165) is 57.8 Å². The highest BCUT2D eigenvalue weighted by Gasteiger charge is 2.35. The van der Waals surface area contributed by atoms with Crippen LogP contribution in [0.3, 0.4) is 0 Å². The predicted molar refractivity (Wildman–Crippen MR) is 225 cm³/mol. The number of carboxylic acid groups (broad SMARTS) is 1. The molecule has 1 rings (SSSR count). The van der Waals surface area contributed by atoms with Crippen LogP contribution in [0.5, 0.6) is 0 Å². The highest BCUT2D eigenvalue weighted by Crippen LogP contribution is 2.43. The molecule has 0 aromatic heterocycles. The lowest BCUT2D eigenvalue weighted by molar-refractivity contribution is -0.161. The van der Waals surface area contributed by atoms with Crippen molar-refractivity contribution in [2.75, 3.05) is 19.8 Å². The first kappa shape index (κ1) is 51.9. The molecular formula is C44H72NO11P. The smallest absolute Gasteiger partial charge is 0.472 e. The van der Waals surface area contributed by atoms with Crippen LogP contribution < -0.4 is 5.73 Å². The predicted octanol–water partition coefficient (Wildman–Crippen LogP) is 9.93. The summed E-state index contributed by atoms with van der Waals surface area (Å²) in [7, 11) is -4.75. The van der Waals surface area contributed by atoms with Crippen LogP contribution in [0.1, 0.15) is 142 Å². The fourth-order valence-electron chi connectivity index (χ4n) is 5.50. The molecule has 0 spiro atoms. The van der Waals surface area contributed by atoms with E-state index in [0.29, 0.717) is 19.3 Å². The van der Waals surface area contributed by atoms with Gasteiger partial charge in [-0.05, 0) is 64.2 Å². The fourth-order valence-corrected chi connectivity index (χ4v) is 6.27. The quantitative estimate of drug-likeness (QED) is 0.0135. The summed E-state index contributed by atoms with van der Waals surface area (Å²) in [6.45, 7) is 2.56. The summed E-state index contributed by atoms with van der Waals surface area (Å²) >= 11 is 0. The number of hydrogen-bond donors (Lipinski definition) is 3. The van der Waals surface area contributed by atoms with Crippen LogP contribution >= 0.6 is 7.82 Å². The molecule has 5 atom stereocenters. The van der Waals surface area contributed by atoms with Crippen molar-refractivity contribution in [3.8, 4) is 0 Å². The summed E-state index contributed by atoms with van der Waals surface area (Å²) in [5.74, 6) is -2.51. The zero-order valence-electron chi connectivity index (χ0n) is 34.6. The Labute approximate surface area is 342 Å². The van der Waals surface area contributed by atoms with Gasteiger partial charge in [-0.1, -0.05) is 138 Å². The number of nitrogens with two attached hydrogens (primary N) is 1. The van der Waals surface area contributed by atoms with E-state index in [1.54, 1.807) is 0 Å². The molecule has 0 saturated carbocycles. The third kappa shape index (κ3) is 32.5. The molecule has 12 nitrogen and oxygen atoms in total. The molecule has 1 heterocycles. The molecule has 1 saturated heterocycles. The highest BCUT2D eigenvalue weighted by molar-refractivity contribution is 7.47. The molecule has 0 aromatic rings. The summed E-state index contributed by atoms with van der Waals surface area (Å²) in [5, 5.41) is 8.89. The van der Waals surface area contributed by atoms with Crippen molar-refractivity contribution in [2.45, 2.75) is 167 Å². The van der Waals surface area contributed by atoms with Crippen LogP contribution in [0.25, 0.3) is 0 Å². The molecule has 4 N–H and O–H groups in total. The van der Waals surface area contributed by atoms with Crippen molar-refractivity contribution in [3.63, 3.8) is 0 Å². The zero-order valence-corrected chi connectivity index (χ0v) is 35.5. The Balaban J connectivity index is 2.39. The lowest BCUT2D eigenvalue weighted by Crippen LogP contribution is -2.34. The van der Waals surface area contributed by atoms with Gasteiger partial charge in [0.25, 0.3) is 0 Å². The second-order valence-electron chi connectivity index (χ2n) is 14.2. The minimum absolute atomic E-state index is 0.00360. The summed E-state index contributed by atoms with van der Waals surface area (Å²) in [5.41, 5.74) is 5.33. The molecule has 0 aromatic carbocycles. The topological polar surface area (TPSA) is 184 Å². The average Bonchev–Trinajstić information content (AvgIpc) is 3.94. The standard InChI is InChI=1S/C44H72NO11P/c1-3-5-7-9-11-13-15-17-18-19-21-23-25-27-29-33-42(46)52-35-38(36-53-57(50,51)54-37-39(45)44(48)49)55-43(47)34-30-32-41-40(56-41)31-28-26-24-22-20-16-14-12-10-8-6-4-2/h6,8,12,14,17-18,20,22,24,26,28,31,38-41H,3-5,7,9-11,13,15-16,19,21,23,25,27,29-30,32-37,45H2,1-2H3,(H,48,49)(H,50,51)/b8-6-,14-12-,18-17-,22-20-,26-24+,31-28+. The van der Waals surface area contributed by atoms with Crippen molar-refractivity contribution >= 4 is 25.7 Å². The van der Waals surface area contributed by atoms with Crippen molar-refractivity contribution < 1.29 is 52.2 Å². The number of carboxylic acids is 1. The maximum atomic E-state index is 12.7. The van der Waals surface area contributed by atoms with Gasteiger partial charge < -0.3 is 29.9 Å². The lowest BCUT2D eigenvalue weighted by atomic mass is 10.1. The first-order chi connectivity index (χ1) is 27.6. The second-order valence-corrected chi connectivity index (χ2v) is 15.6. The minimum atomic E-state index is -4.75.